The molecule has 0 saturated heterocycles. The largest absolute Gasteiger partial charge is 0.664 e. The average Bonchev–Trinajstić information content (AvgIpc) is 3.17. The predicted molar refractivity (Wildman–Crippen MR) is 259 cm³/mol. The molecule has 0 unspecified atom stereocenters. The van der Waals surface area contributed by atoms with Crippen molar-refractivity contribution in [1.82, 2.24) is 0 Å². The SMILES string of the molecule is CC(C)c1cccc(C(C)C)c1N=C/C=C\[N-]c1c(C(C)C)cccc1C(C)C.CC(C)c1cccc(C(C)C)c1N=C/C=C\[N-]c1c(C(C)C)cccc1C(C)C.[Mn].[Mn]. The normalized spacial score (nSPS) is 12.0. The van der Waals surface area contributed by atoms with Crippen molar-refractivity contribution in [2.45, 2.75) is 158 Å². The number of nitrogens with zero attached hydrogens (tertiary/aromatic N) is 4. The summed E-state index contributed by atoms with van der Waals surface area (Å²) in [5.74, 6) is 3.56. The van der Waals surface area contributed by atoms with Crippen LogP contribution in [0.15, 0.2) is 107 Å². The molecule has 0 bridgehead atoms. The van der Waals surface area contributed by atoms with Gasteiger partial charge in [-0.25, -0.2) is 0 Å². The maximum Gasteiger partial charge on any atom is 0.0698 e. The van der Waals surface area contributed by atoms with Gasteiger partial charge in [-0.1, -0.05) is 218 Å². The second kappa shape index (κ2) is 26.6. The van der Waals surface area contributed by atoms with Gasteiger partial charge in [0.05, 0.1) is 11.4 Å². The molecule has 60 heavy (non-hydrogen) atoms. The molecule has 4 aromatic carbocycles. The molecule has 4 nitrogen and oxygen atoms in total. The van der Waals surface area contributed by atoms with Crippen molar-refractivity contribution in [2.75, 3.05) is 0 Å². The van der Waals surface area contributed by atoms with Crippen LogP contribution in [0.25, 0.3) is 10.6 Å². The van der Waals surface area contributed by atoms with E-state index in [4.69, 9.17) is 20.6 Å². The molecule has 4 aromatic rings. The first-order chi connectivity index (χ1) is 27.5. The first-order valence-electron chi connectivity index (χ1n) is 21.8. The predicted octanol–water partition coefficient (Wildman–Crippen LogP) is 18.2. The summed E-state index contributed by atoms with van der Waals surface area (Å²) in [5, 5.41) is 9.65. The van der Waals surface area contributed by atoms with Crippen LogP contribution in [0.5, 0.6) is 0 Å². The zero-order chi connectivity index (χ0) is 43.1. The van der Waals surface area contributed by atoms with E-state index in [1.165, 1.54) is 44.5 Å². The van der Waals surface area contributed by atoms with Crippen molar-refractivity contribution >= 4 is 35.2 Å². The quantitative estimate of drug-likeness (QED) is 0.0795. The van der Waals surface area contributed by atoms with E-state index in [0.29, 0.717) is 47.3 Å². The van der Waals surface area contributed by atoms with Crippen molar-refractivity contribution in [1.29, 1.82) is 0 Å². The zero-order valence-corrected chi connectivity index (χ0v) is 41.9. The van der Waals surface area contributed by atoms with Gasteiger partial charge in [-0.2, -0.15) is 12.4 Å². The van der Waals surface area contributed by atoms with E-state index in [9.17, 15) is 0 Å². The van der Waals surface area contributed by atoms with Gasteiger partial charge in [-0.3, -0.25) is 9.98 Å². The molecule has 0 aliphatic carbocycles. The van der Waals surface area contributed by atoms with Crippen LogP contribution in [0, 0.1) is 0 Å². The van der Waals surface area contributed by atoms with Gasteiger partial charge in [-0.15, -0.1) is 11.4 Å². The molecule has 4 rings (SSSR count). The summed E-state index contributed by atoms with van der Waals surface area (Å²) in [6.45, 7) is 35.6. The monoisotopic (exact) mass is 888 g/mol. The summed E-state index contributed by atoms with van der Waals surface area (Å²) < 4.78 is 0. The van der Waals surface area contributed by atoms with E-state index in [1.54, 1.807) is 0 Å². The molecule has 326 valence electrons. The summed E-state index contributed by atoms with van der Waals surface area (Å²) in [4.78, 5) is 9.65. The summed E-state index contributed by atoms with van der Waals surface area (Å²) in [6.07, 6.45) is 11.4. The Labute approximate surface area is 387 Å². The van der Waals surface area contributed by atoms with Crippen molar-refractivity contribution in [3.05, 3.63) is 152 Å². The molecule has 6 heteroatoms. The van der Waals surface area contributed by atoms with Crippen molar-refractivity contribution in [3.63, 3.8) is 0 Å². The Morgan fingerprint density at radius 3 is 0.733 bits per heavy atom. The van der Waals surface area contributed by atoms with Crippen LogP contribution >= 0.6 is 0 Å². The maximum atomic E-state index is 4.82. The van der Waals surface area contributed by atoms with Crippen LogP contribution in [-0.2, 0) is 34.1 Å². The molecule has 0 aliphatic heterocycles. The molecular formula is C54H74Mn2N4-2. The molecule has 0 atom stereocenters. The van der Waals surface area contributed by atoms with E-state index in [-0.39, 0.29) is 34.1 Å². The summed E-state index contributed by atoms with van der Waals surface area (Å²) in [7, 11) is 0. The smallest absolute Gasteiger partial charge is 0.0698 e. The first kappa shape index (κ1) is 54.4. The second-order valence-corrected chi connectivity index (χ2v) is 17.9. The third-order valence-electron chi connectivity index (χ3n) is 10.5. The van der Waals surface area contributed by atoms with Crippen LogP contribution in [0.3, 0.4) is 0 Å². The average molecular weight is 889 g/mol. The number of rotatable bonds is 16. The first-order valence-corrected chi connectivity index (χ1v) is 21.8. The van der Waals surface area contributed by atoms with Crippen LogP contribution in [-0.4, -0.2) is 12.4 Å². The number of para-hydroxylation sites is 4. The van der Waals surface area contributed by atoms with Gasteiger partial charge in [0.1, 0.15) is 0 Å². The third kappa shape index (κ3) is 15.4. The van der Waals surface area contributed by atoms with Gasteiger partial charge in [0.2, 0.25) is 0 Å². The minimum Gasteiger partial charge on any atom is -0.664 e. The summed E-state index contributed by atoms with van der Waals surface area (Å²) in [6, 6.07) is 26.1. The van der Waals surface area contributed by atoms with Crippen molar-refractivity contribution in [3.8, 4) is 0 Å². The number of hydrogen-bond acceptors (Lipinski definition) is 2. The van der Waals surface area contributed by atoms with E-state index >= 15 is 0 Å². The number of aliphatic imine (C=N–C) groups is 2. The topological polar surface area (TPSA) is 52.9 Å². The minimum atomic E-state index is 0. The molecule has 0 N–H and O–H groups in total. The van der Waals surface area contributed by atoms with E-state index in [2.05, 4.69) is 184 Å². The van der Waals surface area contributed by atoms with Crippen molar-refractivity contribution in [2.24, 2.45) is 9.98 Å². The Balaban J connectivity index is 0.000000581. The molecular weight excluding hydrogens is 814 g/mol. The van der Waals surface area contributed by atoms with Crippen LogP contribution in [0.2, 0.25) is 0 Å². The minimum absolute atomic E-state index is 0. The van der Waals surface area contributed by atoms with Gasteiger partial charge >= 0.3 is 0 Å². The van der Waals surface area contributed by atoms with E-state index in [0.717, 1.165) is 22.7 Å². The van der Waals surface area contributed by atoms with Crippen molar-refractivity contribution < 1.29 is 34.1 Å². The maximum absolute atomic E-state index is 4.82. The van der Waals surface area contributed by atoms with Gasteiger partial charge in [0.15, 0.2) is 0 Å². The van der Waals surface area contributed by atoms with Crippen LogP contribution in [0.4, 0.5) is 22.7 Å². The summed E-state index contributed by atoms with van der Waals surface area (Å²) >= 11 is 0. The Morgan fingerprint density at radius 1 is 0.333 bits per heavy atom. The molecule has 2 radical (unpaired) electrons. The number of benzene rings is 4. The Hall–Kier alpha value is -3.66. The molecule has 0 saturated carbocycles. The third-order valence-corrected chi connectivity index (χ3v) is 10.5. The Bertz CT molecular complexity index is 1760. The molecule has 0 spiro atoms. The number of hydrogen-bond donors (Lipinski definition) is 0. The fourth-order valence-corrected chi connectivity index (χ4v) is 7.19. The van der Waals surface area contributed by atoms with Gasteiger partial charge < -0.3 is 10.6 Å². The molecule has 0 amide bonds. The Kier molecular flexibility index (Phi) is 24.1. The van der Waals surface area contributed by atoms with Crippen LogP contribution in [0.1, 0.15) is 203 Å². The molecule has 0 heterocycles. The molecule has 0 aliphatic rings. The van der Waals surface area contributed by atoms with Crippen LogP contribution < -0.4 is 0 Å². The fraction of sp³-hybridized carbons (Fsp3) is 0.444. The van der Waals surface area contributed by atoms with E-state index < -0.39 is 0 Å². The number of allylic oxidation sites excluding steroid dienone is 2. The Morgan fingerprint density at radius 2 is 0.533 bits per heavy atom. The van der Waals surface area contributed by atoms with Gasteiger partial charge in [-0.05, 0) is 69.6 Å². The molecule has 0 aromatic heterocycles. The van der Waals surface area contributed by atoms with E-state index in [1.807, 2.05) is 37.0 Å². The molecule has 0 fully saturated rings. The zero-order valence-electron chi connectivity index (χ0n) is 39.6. The van der Waals surface area contributed by atoms with Gasteiger partial charge in [0.25, 0.3) is 0 Å². The van der Waals surface area contributed by atoms with Gasteiger partial charge in [0, 0.05) is 46.6 Å². The summed E-state index contributed by atoms with van der Waals surface area (Å²) in [5.41, 5.74) is 14.8. The standard InChI is InChI=1S/2C27H37N2.2Mn/c2*1-18(2)22-12-9-13-23(19(3)4)26(22)28-16-11-17-29-27-24(20(5)6)14-10-15-25(27)21(7)8;;/h2*9-21H,1-8H3;;/q2*-1;;/b2*16-11-,29-17?;;. The fourth-order valence-electron chi connectivity index (χ4n) is 7.19. The second-order valence-electron chi connectivity index (χ2n) is 17.9.